The van der Waals surface area contributed by atoms with Gasteiger partial charge in [-0.15, -0.1) is 0 Å². The molecule has 1 aromatic rings. The Bertz CT molecular complexity index is 758. The van der Waals surface area contributed by atoms with Crippen LogP contribution in [0.3, 0.4) is 0 Å². The van der Waals surface area contributed by atoms with Crippen molar-refractivity contribution in [3.63, 3.8) is 0 Å². The molecular weight excluding hydrogens is 357 g/mol. The van der Waals surface area contributed by atoms with Gasteiger partial charge in [0.05, 0.1) is 24.0 Å². The van der Waals surface area contributed by atoms with E-state index in [9.17, 15) is 14.3 Å². The molecule has 1 fully saturated rings. The zero-order valence-electron chi connectivity index (χ0n) is 14.5. The average molecular weight is 379 g/mol. The van der Waals surface area contributed by atoms with Crippen molar-refractivity contribution >= 4 is 34.6 Å². The lowest BCUT2D eigenvalue weighted by Gasteiger charge is -2.38. The Kier molecular flexibility index (Phi) is 4.71. The number of anilines is 2. The molecule has 3 aliphatic heterocycles. The van der Waals surface area contributed by atoms with Crippen LogP contribution in [0.15, 0.2) is 6.07 Å². The lowest BCUT2D eigenvalue weighted by molar-refractivity contribution is -0.121. The second kappa shape index (κ2) is 7.00. The zero-order valence-corrected chi connectivity index (χ0v) is 15.3. The summed E-state index contributed by atoms with van der Waals surface area (Å²) in [6, 6.07) is 1.29. The number of piperidine rings is 1. The lowest BCUT2D eigenvalue weighted by Crippen LogP contribution is -2.48. The summed E-state index contributed by atoms with van der Waals surface area (Å²) in [7, 11) is 0. The summed E-state index contributed by atoms with van der Waals surface area (Å²) < 4.78 is 20.2. The third-order valence-electron chi connectivity index (χ3n) is 5.38. The van der Waals surface area contributed by atoms with E-state index in [1.807, 2.05) is 4.90 Å². The summed E-state index contributed by atoms with van der Waals surface area (Å²) in [5.74, 6) is -0.121. The van der Waals surface area contributed by atoms with Crippen molar-refractivity contribution in [1.82, 2.24) is 4.90 Å². The molecule has 8 heteroatoms. The molecule has 0 aromatic heterocycles. The van der Waals surface area contributed by atoms with E-state index in [-0.39, 0.29) is 25.2 Å². The van der Waals surface area contributed by atoms with Crippen molar-refractivity contribution in [1.29, 1.82) is 0 Å². The van der Waals surface area contributed by atoms with E-state index in [2.05, 4.69) is 5.32 Å². The third-order valence-corrected chi connectivity index (χ3v) is 5.72. The zero-order chi connectivity index (χ0) is 18.3. The molecule has 0 radical (unpaired) electrons. The van der Waals surface area contributed by atoms with Gasteiger partial charge in [0.1, 0.15) is 5.75 Å². The first-order valence-corrected chi connectivity index (χ1v) is 9.48. The van der Waals surface area contributed by atoms with Crippen molar-refractivity contribution in [3.05, 3.63) is 17.4 Å². The molecule has 3 heterocycles. The minimum absolute atomic E-state index is 0.0253. The average Bonchev–Trinajstić information content (AvgIpc) is 2.67. The number of amides is 1. The van der Waals surface area contributed by atoms with Gasteiger partial charge in [0.15, 0.2) is 17.5 Å². The molecule has 140 valence electrons. The quantitative estimate of drug-likeness (QED) is 0.767. The number of nitrogens with zero attached hydrogens (tertiary/aromatic N) is 2. The first-order valence-electron chi connectivity index (χ1n) is 9.07. The molecule has 0 spiro atoms. The molecular formula is C18H22FN3O3S. The van der Waals surface area contributed by atoms with Crippen molar-refractivity contribution < 1.29 is 19.0 Å². The van der Waals surface area contributed by atoms with Crippen LogP contribution < -0.4 is 15.0 Å². The Morgan fingerprint density at radius 2 is 2.23 bits per heavy atom. The van der Waals surface area contributed by atoms with E-state index in [4.69, 9.17) is 17.0 Å². The van der Waals surface area contributed by atoms with Gasteiger partial charge in [-0.05, 0) is 44.3 Å². The fraction of sp³-hybridized carbons (Fsp3) is 0.556. The van der Waals surface area contributed by atoms with Crippen molar-refractivity contribution in [2.45, 2.75) is 38.1 Å². The number of hydrogen-bond donors (Lipinski definition) is 2. The monoisotopic (exact) mass is 379 g/mol. The van der Waals surface area contributed by atoms with Gasteiger partial charge in [-0.25, -0.2) is 4.39 Å². The molecule has 1 saturated heterocycles. The maximum atomic E-state index is 14.8. The number of halogens is 1. The first-order chi connectivity index (χ1) is 12.6. The number of ether oxygens (including phenoxy) is 1. The van der Waals surface area contributed by atoms with Crippen molar-refractivity contribution in [3.8, 4) is 5.75 Å². The molecule has 6 nitrogen and oxygen atoms in total. The number of aliphatic hydroxyl groups excluding tert-OH is 1. The predicted octanol–water partition coefficient (Wildman–Crippen LogP) is 2.04. The number of benzene rings is 1. The molecule has 0 bridgehead atoms. The van der Waals surface area contributed by atoms with Crippen LogP contribution in [0.2, 0.25) is 0 Å². The van der Waals surface area contributed by atoms with Gasteiger partial charge in [0, 0.05) is 24.7 Å². The summed E-state index contributed by atoms with van der Waals surface area (Å²) >= 11 is 5.52. The summed E-state index contributed by atoms with van der Waals surface area (Å²) in [5, 5.41) is 13.1. The van der Waals surface area contributed by atoms with E-state index < -0.39 is 5.82 Å². The predicted molar refractivity (Wildman–Crippen MR) is 100 cm³/mol. The molecule has 26 heavy (non-hydrogen) atoms. The van der Waals surface area contributed by atoms with E-state index in [0.717, 1.165) is 37.8 Å². The van der Waals surface area contributed by atoms with Gasteiger partial charge >= 0.3 is 0 Å². The van der Waals surface area contributed by atoms with E-state index in [0.29, 0.717) is 35.2 Å². The smallest absolute Gasteiger partial charge is 0.265 e. The SMILES string of the molecule is O=C1COc2cc(F)c(NC(=S)N3CCCCC3CO)c3c2N1CCC3. The van der Waals surface area contributed by atoms with Crippen LogP contribution in [-0.2, 0) is 11.2 Å². The Morgan fingerprint density at radius 1 is 1.38 bits per heavy atom. The molecule has 1 atom stereocenters. The summed E-state index contributed by atoms with van der Waals surface area (Å²) in [6.07, 6.45) is 4.34. The number of rotatable bonds is 2. The molecule has 1 aromatic carbocycles. The third kappa shape index (κ3) is 2.91. The van der Waals surface area contributed by atoms with Gasteiger partial charge in [-0.1, -0.05) is 0 Å². The fourth-order valence-electron chi connectivity index (χ4n) is 4.08. The van der Waals surface area contributed by atoms with Crippen molar-refractivity contribution in [2.75, 3.05) is 36.5 Å². The molecule has 0 aliphatic carbocycles. The Balaban J connectivity index is 1.67. The summed E-state index contributed by atoms with van der Waals surface area (Å²) in [4.78, 5) is 15.8. The number of hydrogen-bond acceptors (Lipinski definition) is 4. The highest BCUT2D eigenvalue weighted by molar-refractivity contribution is 7.80. The Hall–Kier alpha value is -1.93. The van der Waals surface area contributed by atoms with Crippen LogP contribution >= 0.6 is 12.2 Å². The first kappa shape index (κ1) is 17.5. The summed E-state index contributed by atoms with van der Waals surface area (Å²) in [5.41, 5.74) is 1.72. The van der Waals surface area contributed by atoms with Crippen LogP contribution in [0.4, 0.5) is 15.8 Å². The van der Waals surface area contributed by atoms with Gasteiger partial charge in [0.25, 0.3) is 5.91 Å². The number of carbonyl (C=O) groups excluding carboxylic acids is 1. The van der Waals surface area contributed by atoms with Crippen LogP contribution in [0.1, 0.15) is 31.2 Å². The van der Waals surface area contributed by atoms with Gasteiger partial charge in [0.2, 0.25) is 0 Å². The number of carbonyl (C=O) groups is 1. The maximum Gasteiger partial charge on any atom is 0.265 e. The second-order valence-corrected chi connectivity index (χ2v) is 7.34. The van der Waals surface area contributed by atoms with Gasteiger partial charge in [-0.2, -0.15) is 0 Å². The van der Waals surface area contributed by atoms with E-state index >= 15 is 0 Å². The molecule has 4 rings (SSSR count). The number of aliphatic hydroxyl groups is 1. The minimum atomic E-state index is -0.435. The fourth-order valence-corrected chi connectivity index (χ4v) is 4.42. The highest BCUT2D eigenvalue weighted by Gasteiger charge is 2.34. The summed E-state index contributed by atoms with van der Waals surface area (Å²) in [6.45, 7) is 1.34. The number of nitrogens with one attached hydrogen (secondary N) is 1. The van der Waals surface area contributed by atoms with Crippen LogP contribution in [-0.4, -0.2) is 53.4 Å². The minimum Gasteiger partial charge on any atom is -0.481 e. The molecule has 1 unspecified atom stereocenters. The van der Waals surface area contributed by atoms with E-state index in [1.165, 1.54) is 6.07 Å². The normalized spacial score (nSPS) is 21.9. The topological polar surface area (TPSA) is 65.0 Å². The van der Waals surface area contributed by atoms with Crippen LogP contribution in [0.5, 0.6) is 5.75 Å². The maximum absolute atomic E-state index is 14.8. The Labute approximate surface area is 156 Å². The van der Waals surface area contributed by atoms with Gasteiger partial charge in [-0.3, -0.25) is 4.79 Å². The Morgan fingerprint density at radius 3 is 3.04 bits per heavy atom. The largest absolute Gasteiger partial charge is 0.481 e. The van der Waals surface area contributed by atoms with E-state index in [1.54, 1.807) is 4.90 Å². The number of likely N-dealkylation sites (tertiary alicyclic amines) is 1. The lowest BCUT2D eigenvalue weighted by atomic mass is 9.97. The van der Waals surface area contributed by atoms with Crippen LogP contribution in [0, 0.1) is 5.82 Å². The highest BCUT2D eigenvalue weighted by atomic mass is 32.1. The number of thiocarbonyl (C=S) groups is 1. The molecule has 0 saturated carbocycles. The van der Waals surface area contributed by atoms with Crippen LogP contribution in [0.25, 0.3) is 0 Å². The van der Waals surface area contributed by atoms with Gasteiger partial charge < -0.3 is 25.0 Å². The highest BCUT2D eigenvalue weighted by Crippen LogP contribution is 2.44. The molecule has 2 N–H and O–H groups in total. The second-order valence-electron chi connectivity index (χ2n) is 6.95. The molecule has 3 aliphatic rings. The van der Waals surface area contributed by atoms with Crippen molar-refractivity contribution in [2.24, 2.45) is 0 Å². The molecule has 1 amide bonds. The standard InChI is InChI=1S/C18H22FN3O3S/c19-13-8-14-17-12(5-3-7-22(17)15(24)10-25-14)16(13)20-18(26)21-6-2-1-4-11(21)9-23/h8,11,23H,1-7,9-10H2,(H,20,26).